The van der Waals surface area contributed by atoms with Gasteiger partial charge in [-0.2, -0.15) is 0 Å². The molecule has 1 aromatic rings. The van der Waals surface area contributed by atoms with Crippen LogP contribution in [0.1, 0.15) is 0 Å². The summed E-state index contributed by atoms with van der Waals surface area (Å²) >= 11 is 0. The molecule has 0 nitrogen and oxygen atoms in total. The minimum absolute atomic E-state index is 0. The van der Waals surface area contributed by atoms with Gasteiger partial charge in [-0.05, 0) is 0 Å². The maximum absolute atomic E-state index is 2.00. The molecule has 0 radical (unpaired) electrons. The van der Waals surface area contributed by atoms with E-state index in [-0.39, 0.29) is 71.3 Å². The summed E-state index contributed by atoms with van der Waals surface area (Å²) < 4.78 is 0. The minimum atomic E-state index is 0. The Hall–Kier alpha value is 1.09. The quantitative estimate of drug-likeness (QED) is 0.410. The Labute approximate surface area is 107 Å². The molecule has 0 atom stereocenters. The number of halogens is 4. The molecule has 0 aliphatic carbocycles. The average molecular weight is 268 g/mol. The molecule has 0 fully saturated rings. The molecule has 0 aromatic heterocycles. The van der Waals surface area contributed by atoms with Gasteiger partial charge in [0.2, 0.25) is 0 Å². The smallest absolute Gasteiger partial charge is 1.00 e. The maximum Gasteiger partial charge on any atom is 4.00 e. The van der Waals surface area contributed by atoms with Crippen molar-refractivity contribution < 1.29 is 71.3 Å². The van der Waals surface area contributed by atoms with Crippen LogP contribution in [0.2, 0.25) is 0 Å². The summed E-state index contributed by atoms with van der Waals surface area (Å²) in [6.07, 6.45) is 0. The third-order valence-corrected chi connectivity index (χ3v) is 0.667. The van der Waals surface area contributed by atoms with E-state index in [0.29, 0.717) is 0 Å². The van der Waals surface area contributed by atoms with Gasteiger partial charge < -0.3 is 49.6 Å². The zero-order valence-electron chi connectivity index (χ0n) is 5.48. The Morgan fingerprint density at radius 3 is 0.545 bits per heavy atom. The predicted octanol–water partition coefficient (Wildman–Crippen LogP) is -10.3. The fourth-order valence-electron chi connectivity index (χ4n) is 0.385. The van der Waals surface area contributed by atoms with Gasteiger partial charge in [-0.25, -0.2) is 0 Å². The van der Waals surface area contributed by atoms with Crippen molar-refractivity contribution in [1.82, 2.24) is 0 Å². The Kier molecular flexibility index (Phi) is 60.4. The van der Waals surface area contributed by atoms with E-state index in [9.17, 15) is 0 Å². The van der Waals surface area contributed by atoms with E-state index in [1.165, 1.54) is 0 Å². The molecule has 0 unspecified atom stereocenters. The molecule has 0 saturated carbocycles. The van der Waals surface area contributed by atoms with E-state index >= 15 is 0 Å². The SMILES string of the molecule is [Cl-].[Cl-].[Cl-].[Cl-].[Ti+4].c1ccccc1. The summed E-state index contributed by atoms with van der Waals surface area (Å²) in [6, 6.07) is 12.0. The first-order valence-corrected chi connectivity index (χ1v) is 2.00. The van der Waals surface area contributed by atoms with Gasteiger partial charge in [0.1, 0.15) is 0 Å². The monoisotopic (exact) mass is 266 g/mol. The number of hydrogen-bond acceptors (Lipinski definition) is 0. The van der Waals surface area contributed by atoms with E-state index in [4.69, 9.17) is 0 Å². The van der Waals surface area contributed by atoms with E-state index in [1.54, 1.807) is 0 Å². The predicted molar refractivity (Wildman–Crippen MR) is 26.4 cm³/mol. The summed E-state index contributed by atoms with van der Waals surface area (Å²) in [5.74, 6) is 0. The molecule has 0 saturated heterocycles. The van der Waals surface area contributed by atoms with E-state index in [0.717, 1.165) is 0 Å². The van der Waals surface area contributed by atoms with Crippen molar-refractivity contribution in [2.24, 2.45) is 0 Å². The van der Waals surface area contributed by atoms with Crippen LogP contribution in [0.3, 0.4) is 0 Å². The molecule has 62 valence electrons. The second kappa shape index (κ2) is 22.5. The molecular weight excluding hydrogens is 262 g/mol. The van der Waals surface area contributed by atoms with Crippen LogP contribution in [0, 0.1) is 0 Å². The first kappa shape index (κ1) is 29.6. The Balaban J connectivity index is -0.0000000240. The van der Waals surface area contributed by atoms with Crippen molar-refractivity contribution in [2.45, 2.75) is 0 Å². The molecular formula is C6H6Cl4Ti. The Morgan fingerprint density at radius 1 is 0.364 bits per heavy atom. The van der Waals surface area contributed by atoms with Crippen molar-refractivity contribution in [3.05, 3.63) is 36.4 Å². The van der Waals surface area contributed by atoms with Crippen molar-refractivity contribution >= 4 is 0 Å². The van der Waals surface area contributed by atoms with Crippen LogP contribution in [0.15, 0.2) is 36.4 Å². The molecule has 0 bridgehead atoms. The Morgan fingerprint density at radius 2 is 0.455 bits per heavy atom. The fourth-order valence-corrected chi connectivity index (χ4v) is 0.385. The molecule has 1 rings (SSSR count). The van der Waals surface area contributed by atoms with Crippen molar-refractivity contribution in [2.75, 3.05) is 0 Å². The van der Waals surface area contributed by atoms with Gasteiger partial charge in [-0.3, -0.25) is 0 Å². The third-order valence-electron chi connectivity index (χ3n) is 0.667. The van der Waals surface area contributed by atoms with Crippen LogP contribution < -0.4 is 49.6 Å². The number of hydrogen-bond donors (Lipinski definition) is 0. The first-order valence-electron chi connectivity index (χ1n) is 2.00. The van der Waals surface area contributed by atoms with Gasteiger partial charge >= 0.3 is 21.7 Å². The van der Waals surface area contributed by atoms with Crippen LogP contribution >= 0.6 is 0 Å². The van der Waals surface area contributed by atoms with Crippen LogP contribution in [0.4, 0.5) is 0 Å². The minimum Gasteiger partial charge on any atom is -1.00 e. The summed E-state index contributed by atoms with van der Waals surface area (Å²) in [7, 11) is 0. The normalized spacial score (nSPS) is 4.36. The maximum atomic E-state index is 2.00. The topological polar surface area (TPSA) is 0 Å². The van der Waals surface area contributed by atoms with Crippen molar-refractivity contribution in [3.8, 4) is 0 Å². The number of rotatable bonds is 0. The van der Waals surface area contributed by atoms with Gasteiger partial charge in [-0.15, -0.1) is 0 Å². The number of benzene rings is 1. The van der Waals surface area contributed by atoms with Crippen LogP contribution in [0.25, 0.3) is 0 Å². The van der Waals surface area contributed by atoms with Gasteiger partial charge in [-0.1, -0.05) is 36.4 Å². The van der Waals surface area contributed by atoms with Crippen molar-refractivity contribution in [1.29, 1.82) is 0 Å². The van der Waals surface area contributed by atoms with E-state index in [1.807, 2.05) is 36.4 Å². The molecule has 1 aromatic carbocycles. The molecule has 5 heteroatoms. The molecule has 0 heterocycles. The van der Waals surface area contributed by atoms with Crippen LogP contribution in [0.5, 0.6) is 0 Å². The first-order chi connectivity index (χ1) is 3.00. The summed E-state index contributed by atoms with van der Waals surface area (Å²) in [5.41, 5.74) is 0. The Bertz CT molecular complexity index is 86.5. The second-order valence-electron chi connectivity index (χ2n) is 1.15. The second-order valence-corrected chi connectivity index (χ2v) is 1.15. The third kappa shape index (κ3) is 18.2. The van der Waals surface area contributed by atoms with Crippen LogP contribution in [-0.4, -0.2) is 0 Å². The zero-order chi connectivity index (χ0) is 4.24. The van der Waals surface area contributed by atoms with E-state index in [2.05, 4.69) is 0 Å². The molecule has 0 aliphatic heterocycles. The standard InChI is InChI=1S/C6H6.4ClH.Ti/c1-2-4-6-5-3-1;;;;;/h1-6H;4*1H;/q;;;;;+4/p-4. The molecule has 0 spiro atoms. The molecule has 0 N–H and O–H groups in total. The van der Waals surface area contributed by atoms with Crippen LogP contribution in [-0.2, 0) is 21.7 Å². The summed E-state index contributed by atoms with van der Waals surface area (Å²) in [4.78, 5) is 0. The average Bonchev–Trinajstić information content (AvgIpc) is 1.72. The fraction of sp³-hybridized carbons (Fsp3) is 0. The van der Waals surface area contributed by atoms with Gasteiger partial charge in [0.05, 0.1) is 0 Å². The van der Waals surface area contributed by atoms with Crippen molar-refractivity contribution in [3.63, 3.8) is 0 Å². The van der Waals surface area contributed by atoms with Gasteiger partial charge in [0, 0.05) is 0 Å². The molecule has 0 aliphatic rings. The zero-order valence-corrected chi connectivity index (χ0v) is 10.1. The largest absolute Gasteiger partial charge is 4.00 e. The van der Waals surface area contributed by atoms with Gasteiger partial charge in [0.15, 0.2) is 0 Å². The molecule has 0 amide bonds. The molecule has 11 heavy (non-hydrogen) atoms. The summed E-state index contributed by atoms with van der Waals surface area (Å²) in [5, 5.41) is 0. The van der Waals surface area contributed by atoms with E-state index < -0.39 is 0 Å². The van der Waals surface area contributed by atoms with Gasteiger partial charge in [0.25, 0.3) is 0 Å². The summed E-state index contributed by atoms with van der Waals surface area (Å²) in [6.45, 7) is 0.